The van der Waals surface area contributed by atoms with Crippen LogP contribution in [0.25, 0.3) is 0 Å². The fourth-order valence-corrected chi connectivity index (χ4v) is 2.43. The summed E-state index contributed by atoms with van der Waals surface area (Å²) < 4.78 is 0. The number of nitrogens with zero attached hydrogens (tertiary/aromatic N) is 3. The van der Waals surface area contributed by atoms with Crippen LogP contribution in [0, 0.1) is 12.8 Å². The third kappa shape index (κ3) is 3.12. The van der Waals surface area contributed by atoms with Gasteiger partial charge in [0.2, 0.25) is 0 Å². The zero-order chi connectivity index (χ0) is 13.0. The first-order valence-corrected chi connectivity index (χ1v) is 7.07. The topological polar surface area (TPSA) is 41.0 Å². The molecule has 100 valence electrons. The molecule has 1 N–H and O–H groups in total. The van der Waals surface area contributed by atoms with Gasteiger partial charge in [0.15, 0.2) is 0 Å². The predicted octanol–water partition coefficient (Wildman–Crippen LogP) is 2.84. The lowest BCUT2D eigenvalue weighted by atomic mass is 10.1. The minimum absolute atomic E-state index is 0.826. The molecule has 0 saturated carbocycles. The second-order valence-corrected chi connectivity index (χ2v) is 5.09. The van der Waals surface area contributed by atoms with E-state index < -0.39 is 0 Å². The zero-order valence-electron chi connectivity index (χ0n) is 11.7. The minimum Gasteiger partial charge on any atom is -0.370 e. The molecule has 1 saturated heterocycles. The van der Waals surface area contributed by atoms with Crippen LogP contribution in [0.4, 0.5) is 11.6 Å². The number of rotatable bonds is 5. The van der Waals surface area contributed by atoms with Crippen LogP contribution in [0.3, 0.4) is 0 Å². The van der Waals surface area contributed by atoms with Crippen molar-refractivity contribution in [2.75, 3.05) is 29.9 Å². The zero-order valence-corrected chi connectivity index (χ0v) is 11.7. The Hall–Kier alpha value is -1.32. The normalized spacial score (nSPS) is 19.3. The Labute approximate surface area is 110 Å². The van der Waals surface area contributed by atoms with Crippen LogP contribution < -0.4 is 10.2 Å². The van der Waals surface area contributed by atoms with Crippen molar-refractivity contribution >= 4 is 11.6 Å². The summed E-state index contributed by atoms with van der Waals surface area (Å²) in [5.41, 5.74) is 0. The van der Waals surface area contributed by atoms with Crippen molar-refractivity contribution in [3.63, 3.8) is 0 Å². The van der Waals surface area contributed by atoms with Crippen molar-refractivity contribution in [2.45, 2.75) is 40.0 Å². The summed E-state index contributed by atoms with van der Waals surface area (Å²) in [5, 5.41) is 3.35. The largest absolute Gasteiger partial charge is 0.370 e. The lowest BCUT2D eigenvalue weighted by Gasteiger charge is -2.18. The van der Waals surface area contributed by atoms with Gasteiger partial charge in [-0.25, -0.2) is 9.97 Å². The van der Waals surface area contributed by atoms with E-state index in [1.807, 2.05) is 6.92 Å². The number of hydrogen-bond acceptors (Lipinski definition) is 4. The molecule has 1 aliphatic rings. The molecule has 1 unspecified atom stereocenters. The third-order valence-electron chi connectivity index (χ3n) is 3.57. The average molecular weight is 248 g/mol. The van der Waals surface area contributed by atoms with Crippen LogP contribution in [0.5, 0.6) is 0 Å². The van der Waals surface area contributed by atoms with Gasteiger partial charge >= 0.3 is 0 Å². The van der Waals surface area contributed by atoms with Gasteiger partial charge in [-0.3, -0.25) is 0 Å². The minimum atomic E-state index is 0.826. The summed E-state index contributed by atoms with van der Waals surface area (Å²) in [4.78, 5) is 11.4. The molecular weight excluding hydrogens is 224 g/mol. The molecule has 0 spiro atoms. The van der Waals surface area contributed by atoms with E-state index in [1.54, 1.807) is 0 Å². The molecule has 0 amide bonds. The van der Waals surface area contributed by atoms with Crippen LogP contribution in [-0.2, 0) is 0 Å². The first kappa shape index (κ1) is 13.1. The highest BCUT2D eigenvalue weighted by Gasteiger charge is 2.22. The van der Waals surface area contributed by atoms with Crippen LogP contribution >= 0.6 is 0 Å². The van der Waals surface area contributed by atoms with Gasteiger partial charge in [-0.15, -0.1) is 0 Å². The van der Waals surface area contributed by atoms with E-state index in [2.05, 4.69) is 40.1 Å². The highest BCUT2D eigenvalue weighted by molar-refractivity contribution is 5.50. The van der Waals surface area contributed by atoms with Crippen LogP contribution in [-0.4, -0.2) is 29.6 Å². The summed E-state index contributed by atoms with van der Waals surface area (Å²) in [6, 6.07) is 2.08. The fourth-order valence-electron chi connectivity index (χ4n) is 2.43. The maximum Gasteiger partial charge on any atom is 0.134 e. The summed E-state index contributed by atoms with van der Waals surface area (Å²) in [7, 11) is 0. The van der Waals surface area contributed by atoms with E-state index in [-0.39, 0.29) is 0 Å². The quantitative estimate of drug-likeness (QED) is 0.870. The van der Waals surface area contributed by atoms with Crippen molar-refractivity contribution in [2.24, 2.45) is 5.92 Å². The van der Waals surface area contributed by atoms with Gasteiger partial charge < -0.3 is 10.2 Å². The highest BCUT2D eigenvalue weighted by Crippen LogP contribution is 2.25. The van der Waals surface area contributed by atoms with Crippen LogP contribution in [0.2, 0.25) is 0 Å². The molecule has 2 heterocycles. The Balaban J connectivity index is 2.10. The fraction of sp³-hybridized carbons (Fsp3) is 0.714. The number of aromatic nitrogens is 2. The smallest absolute Gasteiger partial charge is 0.134 e. The Morgan fingerprint density at radius 2 is 2.22 bits per heavy atom. The van der Waals surface area contributed by atoms with E-state index in [0.29, 0.717) is 0 Å². The lowest BCUT2D eigenvalue weighted by Crippen LogP contribution is -2.21. The highest BCUT2D eigenvalue weighted by atomic mass is 15.2. The number of anilines is 2. The Morgan fingerprint density at radius 1 is 1.39 bits per heavy atom. The lowest BCUT2D eigenvalue weighted by molar-refractivity contribution is 0.568. The maximum absolute atomic E-state index is 4.57. The SMILES string of the molecule is CCCNc1cc(N2CCC(CC)C2)nc(C)n1. The molecule has 0 bridgehead atoms. The molecule has 2 rings (SSSR count). The second kappa shape index (κ2) is 6.03. The van der Waals surface area contributed by atoms with Crippen molar-refractivity contribution in [3.05, 3.63) is 11.9 Å². The van der Waals surface area contributed by atoms with Crippen molar-refractivity contribution in [1.29, 1.82) is 0 Å². The number of aryl methyl sites for hydroxylation is 1. The summed E-state index contributed by atoms with van der Waals surface area (Å²) >= 11 is 0. The Kier molecular flexibility index (Phi) is 4.39. The molecule has 1 atom stereocenters. The monoisotopic (exact) mass is 248 g/mol. The Morgan fingerprint density at radius 3 is 2.89 bits per heavy atom. The van der Waals surface area contributed by atoms with Gasteiger partial charge in [0.05, 0.1) is 0 Å². The first-order valence-electron chi connectivity index (χ1n) is 7.07. The van der Waals surface area contributed by atoms with Gasteiger partial charge in [-0.2, -0.15) is 0 Å². The molecule has 4 heteroatoms. The summed E-state index contributed by atoms with van der Waals surface area (Å²) in [5.74, 6) is 3.72. The van der Waals surface area contributed by atoms with E-state index in [9.17, 15) is 0 Å². The van der Waals surface area contributed by atoms with Gasteiger partial charge in [-0.05, 0) is 25.7 Å². The maximum atomic E-state index is 4.57. The number of hydrogen-bond donors (Lipinski definition) is 1. The van der Waals surface area contributed by atoms with E-state index in [0.717, 1.165) is 49.4 Å². The van der Waals surface area contributed by atoms with Crippen LogP contribution in [0.15, 0.2) is 6.07 Å². The molecule has 1 aliphatic heterocycles. The van der Waals surface area contributed by atoms with Crippen molar-refractivity contribution in [1.82, 2.24) is 9.97 Å². The Bertz CT molecular complexity index is 391. The molecule has 1 aromatic heterocycles. The van der Waals surface area contributed by atoms with Crippen molar-refractivity contribution in [3.8, 4) is 0 Å². The van der Waals surface area contributed by atoms with E-state index >= 15 is 0 Å². The van der Waals surface area contributed by atoms with Gasteiger partial charge in [0.25, 0.3) is 0 Å². The van der Waals surface area contributed by atoms with Crippen molar-refractivity contribution < 1.29 is 0 Å². The molecule has 1 fully saturated rings. The predicted molar refractivity (Wildman–Crippen MR) is 76.2 cm³/mol. The van der Waals surface area contributed by atoms with Gasteiger partial charge in [-0.1, -0.05) is 20.3 Å². The third-order valence-corrected chi connectivity index (χ3v) is 3.57. The van der Waals surface area contributed by atoms with E-state index in [4.69, 9.17) is 0 Å². The summed E-state index contributed by atoms with van der Waals surface area (Å²) in [6.07, 6.45) is 3.67. The first-order chi connectivity index (χ1) is 8.72. The molecule has 0 aliphatic carbocycles. The molecule has 0 aromatic carbocycles. The van der Waals surface area contributed by atoms with Crippen LogP contribution in [0.1, 0.15) is 38.9 Å². The standard InChI is InChI=1S/C14H24N4/c1-4-7-15-13-9-14(17-11(3)16-13)18-8-6-12(5-2)10-18/h9,12H,4-8,10H2,1-3H3,(H,15,16,17). The number of nitrogens with one attached hydrogen (secondary N) is 1. The molecule has 0 radical (unpaired) electrons. The summed E-state index contributed by atoms with van der Waals surface area (Å²) in [6.45, 7) is 9.63. The average Bonchev–Trinajstić information content (AvgIpc) is 2.84. The molecule has 18 heavy (non-hydrogen) atoms. The van der Waals surface area contributed by atoms with E-state index in [1.165, 1.54) is 12.8 Å². The second-order valence-electron chi connectivity index (χ2n) is 5.09. The molecular formula is C14H24N4. The van der Waals surface area contributed by atoms with Gasteiger partial charge in [0.1, 0.15) is 17.5 Å². The molecule has 1 aromatic rings. The van der Waals surface area contributed by atoms with Gasteiger partial charge in [0, 0.05) is 25.7 Å². The molecule has 4 nitrogen and oxygen atoms in total.